The maximum Gasteiger partial charge on any atom is 0.328 e. The van der Waals surface area contributed by atoms with Crippen molar-refractivity contribution in [3.8, 4) is 0 Å². The van der Waals surface area contributed by atoms with E-state index >= 15 is 0 Å². The number of hydrogen-bond donors (Lipinski definition) is 3. The van der Waals surface area contributed by atoms with E-state index in [-0.39, 0.29) is 6.10 Å². The van der Waals surface area contributed by atoms with E-state index < -0.39 is 5.97 Å². The lowest BCUT2D eigenvalue weighted by Crippen LogP contribution is -2.21. The summed E-state index contributed by atoms with van der Waals surface area (Å²) in [5.41, 5.74) is 0.776. The molecule has 0 aromatic heterocycles. The van der Waals surface area contributed by atoms with Gasteiger partial charge in [0, 0.05) is 12.6 Å². The lowest BCUT2D eigenvalue weighted by molar-refractivity contribution is -0.131. The van der Waals surface area contributed by atoms with E-state index in [0.717, 1.165) is 5.57 Å². The van der Waals surface area contributed by atoms with Gasteiger partial charge in [0.2, 0.25) is 0 Å². The molecule has 0 aromatic carbocycles. The van der Waals surface area contributed by atoms with Gasteiger partial charge in [0.05, 0.1) is 6.10 Å². The predicted octanol–water partition coefficient (Wildman–Crippen LogP) is 0.378. The lowest BCUT2D eigenvalue weighted by atomic mass is 10.2. The van der Waals surface area contributed by atoms with Crippen LogP contribution in [-0.2, 0) is 4.79 Å². The number of aliphatic hydroxyl groups is 1. The van der Waals surface area contributed by atoms with Gasteiger partial charge in [-0.25, -0.2) is 4.79 Å². The van der Waals surface area contributed by atoms with E-state index in [1.54, 1.807) is 13.8 Å². The van der Waals surface area contributed by atoms with Crippen LogP contribution in [-0.4, -0.2) is 35.4 Å². The second kappa shape index (κ2) is 6.62. The molecule has 0 bridgehead atoms. The molecule has 0 rings (SSSR count). The van der Waals surface area contributed by atoms with Crippen molar-refractivity contribution in [1.29, 1.82) is 0 Å². The van der Waals surface area contributed by atoms with Gasteiger partial charge in [-0.05, 0) is 26.8 Å². The Morgan fingerprint density at radius 3 is 2.69 bits per heavy atom. The molecule has 1 unspecified atom stereocenters. The molecule has 0 aliphatic rings. The minimum Gasteiger partial charge on any atom is -0.478 e. The Morgan fingerprint density at radius 2 is 2.23 bits per heavy atom. The smallest absolute Gasteiger partial charge is 0.328 e. The van der Waals surface area contributed by atoms with Gasteiger partial charge in [-0.15, -0.1) is 0 Å². The monoisotopic (exact) mass is 187 g/mol. The van der Waals surface area contributed by atoms with Crippen LogP contribution in [0.3, 0.4) is 0 Å². The van der Waals surface area contributed by atoms with E-state index in [4.69, 9.17) is 10.2 Å². The summed E-state index contributed by atoms with van der Waals surface area (Å²) in [6.07, 6.45) is 1.55. The number of carboxylic acids is 1. The number of aliphatic hydroxyl groups excluding tert-OH is 1. The van der Waals surface area contributed by atoms with Crippen LogP contribution in [0.2, 0.25) is 0 Å². The molecular weight excluding hydrogens is 170 g/mol. The summed E-state index contributed by atoms with van der Waals surface area (Å²) in [4.78, 5) is 10.2. The number of carbonyl (C=O) groups is 1. The topological polar surface area (TPSA) is 69.6 Å². The Kier molecular flexibility index (Phi) is 6.18. The molecule has 0 saturated carbocycles. The largest absolute Gasteiger partial charge is 0.478 e. The normalized spacial score (nSPS) is 14.2. The van der Waals surface area contributed by atoms with Crippen LogP contribution in [0.15, 0.2) is 11.6 Å². The average Bonchev–Trinajstić information content (AvgIpc) is 1.96. The standard InChI is InChI=1S/C9H17NO3/c1-7(5-9(12)13)6-10-4-3-8(2)11/h5,8,10-11H,3-4,6H2,1-2H3,(H,12,13). The molecule has 4 nitrogen and oxygen atoms in total. The molecule has 76 valence electrons. The molecule has 0 aliphatic heterocycles. The molecule has 0 heterocycles. The minimum atomic E-state index is -0.921. The first-order valence-electron chi connectivity index (χ1n) is 4.31. The molecule has 0 saturated heterocycles. The highest BCUT2D eigenvalue weighted by Crippen LogP contribution is 1.91. The molecule has 0 aliphatic carbocycles. The molecule has 4 heteroatoms. The van der Waals surface area contributed by atoms with E-state index in [1.165, 1.54) is 6.08 Å². The predicted molar refractivity (Wildman–Crippen MR) is 50.6 cm³/mol. The van der Waals surface area contributed by atoms with Crippen LogP contribution in [0.5, 0.6) is 0 Å². The molecule has 0 amide bonds. The number of carboxylic acid groups (broad SMARTS) is 1. The third kappa shape index (κ3) is 9.04. The Bertz CT molecular complexity index is 187. The van der Waals surface area contributed by atoms with Gasteiger partial charge in [0.15, 0.2) is 0 Å². The number of nitrogens with one attached hydrogen (secondary N) is 1. The zero-order chi connectivity index (χ0) is 10.3. The van der Waals surface area contributed by atoms with Gasteiger partial charge in [-0.1, -0.05) is 5.57 Å². The Hall–Kier alpha value is -0.870. The van der Waals surface area contributed by atoms with Crippen molar-refractivity contribution < 1.29 is 15.0 Å². The van der Waals surface area contributed by atoms with Crippen molar-refractivity contribution in [2.45, 2.75) is 26.4 Å². The Labute approximate surface area is 78.3 Å². The van der Waals surface area contributed by atoms with Crippen LogP contribution in [0, 0.1) is 0 Å². The first-order chi connectivity index (χ1) is 6.02. The third-order valence-corrected chi connectivity index (χ3v) is 1.51. The van der Waals surface area contributed by atoms with Crippen molar-refractivity contribution in [3.05, 3.63) is 11.6 Å². The van der Waals surface area contributed by atoms with Gasteiger partial charge in [0.25, 0.3) is 0 Å². The van der Waals surface area contributed by atoms with Crippen molar-refractivity contribution in [1.82, 2.24) is 5.32 Å². The molecule has 1 atom stereocenters. The van der Waals surface area contributed by atoms with Gasteiger partial charge < -0.3 is 15.5 Å². The fourth-order valence-corrected chi connectivity index (χ4v) is 0.858. The highest BCUT2D eigenvalue weighted by Gasteiger charge is 1.96. The fraction of sp³-hybridized carbons (Fsp3) is 0.667. The summed E-state index contributed by atoms with van der Waals surface area (Å²) in [5.74, 6) is -0.921. The molecule has 0 aromatic rings. The molecular formula is C9H17NO3. The minimum absolute atomic E-state index is 0.309. The van der Waals surface area contributed by atoms with Gasteiger partial charge in [0.1, 0.15) is 0 Å². The second-order valence-corrected chi connectivity index (χ2v) is 3.14. The van der Waals surface area contributed by atoms with E-state index in [2.05, 4.69) is 5.32 Å². The first-order valence-corrected chi connectivity index (χ1v) is 4.31. The molecule has 0 fully saturated rings. The summed E-state index contributed by atoms with van der Waals surface area (Å²) in [5, 5.41) is 20.3. The van der Waals surface area contributed by atoms with E-state index in [9.17, 15) is 4.79 Å². The van der Waals surface area contributed by atoms with Crippen molar-refractivity contribution in [2.24, 2.45) is 0 Å². The van der Waals surface area contributed by atoms with Crippen molar-refractivity contribution in [2.75, 3.05) is 13.1 Å². The molecule has 3 N–H and O–H groups in total. The van der Waals surface area contributed by atoms with Gasteiger partial charge in [-0.2, -0.15) is 0 Å². The fourth-order valence-electron chi connectivity index (χ4n) is 0.858. The summed E-state index contributed by atoms with van der Waals surface area (Å²) in [7, 11) is 0. The lowest BCUT2D eigenvalue weighted by Gasteiger charge is -2.05. The van der Waals surface area contributed by atoms with E-state index in [0.29, 0.717) is 19.5 Å². The Morgan fingerprint density at radius 1 is 1.62 bits per heavy atom. The maximum atomic E-state index is 10.2. The SMILES string of the molecule is CC(=CC(=O)O)CNCCC(C)O. The number of rotatable bonds is 6. The van der Waals surface area contributed by atoms with Gasteiger partial charge in [-0.3, -0.25) is 0 Å². The highest BCUT2D eigenvalue weighted by molar-refractivity contribution is 5.80. The van der Waals surface area contributed by atoms with Crippen molar-refractivity contribution >= 4 is 5.97 Å². The van der Waals surface area contributed by atoms with Gasteiger partial charge >= 0.3 is 5.97 Å². The first kappa shape index (κ1) is 12.1. The number of hydrogen-bond acceptors (Lipinski definition) is 3. The highest BCUT2D eigenvalue weighted by atomic mass is 16.4. The summed E-state index contributed by atoms with van der Waals surface area (Å²) < 4.78 is 0. The van der Waals surface area contributed by atoms with Crippen molar-refractivity contribution in [3.63, 3.8) is 0 Å². The Balaban J connectivity index is 3.48. The van der Waals surface area contributed by atoms with Crippen LogP contribution in [0.1, 0.15) is 20.3 Å². The second-order valence-electron chi connectivity index (χ2n) is 3.14. The zero-order valence-electron chi connectivity index (χ0n) is 8.08. The molecule has 13 heavy (non-hydrogen) atoms. The summed E-state index contributed by atoms with van der Waals surface area (Å²) in [6.45, 7) is 4.73. The van der Waals surface area contributed by atoms with E-state index in [1.807, 2.05) is 0 Å². The van der Waals surface area contributed by atoms with Crippen LogP contribution in [0.4, 0.5) is 0 Å². The maximum absolute atomic E-state index is 10.2. The quantitative estimate of drug-likeness (QED) is 0.415. The number of aliphatic carboxylic acids is 1. The zero-order valence-corrected chi connectivity index (χ0v) is 8.08. The van der Waals surface area contributed by atoms with Crippen LogP contribution < -0.4 is 5.32 Å². The third-order valence-electron chi connectivity index (χ3n) is 1.51. The summed E-state index contributed by atoms with van der Waals surface area (Å²) in [6, 6.07) is 0. The average molecular weight is 187 g/mol. The van der Waals surface area contributed by atoms with Crippen LogP contribution in [0.25, 0.3) is 0 Å². The molecule has 0 spiro atoms. The molecule has 0 radical (unpaired) electrons. The summed E-state index contributed by atoms with van der Waals surface area (Å²) >= 11 is 0. The van der Waals surface area contributed by atoms with Crippen LogP contribution >= 0.6 is 0 Å².